The molecular formula is C15H16N2O2. The summed E-state index contributed by atoms with van der Waals surface area (Å²) in [5, 5.41) is 0. The van der Waals surface area contributed by atoms with Crippen LogP contribution >= 0.6 is 0 Å². The molecule has 1 aliphatic rings. The Kier molecular flexibility index (Phi) is 3.07. The summed E-state index contributed by atoms with van der Waals surface area (Å²) < 4.78 is 5.12. The first-order chi connectivity index (χ1) is 9.24. The molecule has 3 rings (SSSR count). The van der Waals surface area contributed by atoms with E-state index in [1.807, 2.05) is 24.3 Å². The van der Waals surface area contributed by atoms with Gasteiger partial charge >= 0.3 is 0 Å². The topological polar surface area (TPSA) is 55.0 Å². The molecule has 2 aromatic rings. The van der Waals surface area contributed by atoms with Crippen LogP contribution in [0.25, 0.3) is 0 Å². The number of nitrogens with zero attached hydrogens (tertiary/aromatic N) is 1. The maximum absolute atomic E-state index is 11.6. The maximum atomic E-state index is 11.6. The minimum atomic E-state index is -0.0552. The molecule has 1 heterocycles. The van der Waals surface area contributed by atoms with Crippen molar-refractivity contribution in [2.45, 2.75) is 25.2 Å². The second kappa shape index (κ2) is 4.88. The van der Waals surface area contributed by atoms with E-state index in [0.29, 0.717) is 12.3 Å². The van der Waals surface area contributed by atoms with Crippen LogP contribution in [0.15, 0.2) is 35.1 Å². The molecule has 0 amide bonds. The monoisotopic (exact) mass is 256 g/mol. The number of benzene rings is 1. The summed E-state index contributed by atoms with van der Waals surface area (Å²) in [6.45, 7) is 0. The van der Waals surface area contributed by atoms with E-state index in [1.54, 1.807) is 13.2 Å². The van der Waals surface area contributed by atoms with Crippen molar-refractivity contribution in [2.75, 3.05) is 7.11 Å². The molecule has 1 aliphatic carbocycles. The zero-order valence-electron chi connectivity index (χ0n) is 10.8. The van der Waals surface area contributed by atoms with Crippen molar-refractivity contribution in [3.05, 3.63) is 57.8 Å². The van der Waals surface area contributed by atoms with Gasteiger partial charge in [0.05, 0.1) is 12.8 Å². The van der Waals surface area contributed by atoms with Crippen LogP contribution in [0.3, 0.4) is 0 Å². The molecule has 0 spiro atoms. The Labute approximate surface area is 111 Å². The van der Waals surface area contributed by atoms with Gasteiger partial charge in [-0.1, -0.05) is 12.1 Å². The summed E-state index contributed by atoms with van der Waals surface area (Å²) in [7, 11) is 1.65. The minimum Gasteiger partial charge on any atom is -0.497 e. The van der Waals surface area contributed by atoms with E-state index in [1.165, 1.54) is 0 Å². The molecule has 1 saturated carbocycles. The number of hydrogen-bond donors (Lipinski definition) is 1. The number of rotatable bonds is 4. The number of hydrogen-bond acceptors (Lipinski definition) is 3. The molecule has 19 heavy (non-hydrogen) atoms. The van der Waals surface area contributed by atoms with E-state index < -0.39 is 0 Å². The average Bonchev–Trinajstić information content (AvgIpc) is 3.23. The van der Waals surface area contributed by atoms with Gasteiger partial charge in [-0.3, -0.25) is 4.79 Å². The highest BCUT2D eigenvalue weighted by Gasteiger charge is 2.25. The van der Waals surface area contributed by atoms with Crippen LogP contribution in [0.4, 0.5) is 0 Å². The van der Waals surface area contributed by atoms with Gasteiger partial charge < -0.3 is 9.72 Å². The second-order valence-electron chi connectivity index (χ2n) is 4.92. The lowest BCUT2D eigenvalue weighted by molar-refractivity contribution is 0.414. The first kappa shape index (κ1) is 12.0. The zero-order chi connectivity index (χ0) is 13.2. The van der Waals surface area contributed by atoms with Gasteiger partial charge in [-0.25, -0.2) is 4.98 Å². The van der Waals surface area contributed by atoms with Crippen molar-refractivity contribution in [3.63, 3.8) is 0 Å². The molecule has 4 nitrogen and oxygen atoms in total. The number of aromatic nitrogens is 2. The minimum absolute atomic E-state index is 0.0552. The van der Waals surface area contributed by atoms with Gasteiger partial charge in [0, 0.05) is 18.4 Å². The summed E-state index contributed by atoms with van der Waals surface area (Å²) in [6, 6.07) is 9.43. The Bertz CT molecular complexity index is 627. The van der Waals surface area contributed by atoms with E-state index in [2.05, 4.69) is 9.97 Å². The Morgan fingerprint density at radius 1 is 1.32 bits per heavy atom. The van der Waals surface area contributed by atoms with Gasteiger partial charge in [0.15, 0.2) is 0 Å². The van der Waals surface area contributed by atoms with Crippen LogP contribution in [0.1, 0.15) is 35.8 Å². The van der Waals surface area contributed by atoms with Crippen molar-refractivity contribution in [1.29, 1.82) is 0 Å². The predicted octanol–water partition coefficient (Wildman–Crippen LogP) is 2.25. The fourth-order valence-electron chi connectivity index (χ4n) is 2.14. The number of ether oxygens (including phenoxy) is 1. The highest BCUT2D eigenvalue weighted by Crippen LogP contribution is 2.38. The van der Waals surface area contributed by atoms with E-state index >= 15 is 0 Å². The van der Waals surface area contributed by atoms with E-state index in [4.69, 9.17) is 4.74 Å². The van der Waals surface area contributed by atoms with Crippen molar-refractivity contribution < 1.29 is 4.74 Å². The van der Waals surface area contributed by atoms with Gasteiger partial charge in [-0.05, 0) is 30.5 Å². The number of aromatic amines is 1. The molecule has 0 radical (unpaired) electrons. The van der Waals surface area contributed by atoms with E-state index in [9.17, 15) is 4.79 Å². The summed E-state index contributed by atoms with van der Waals surface area (Å²) in [5.41, 5.74) is 1.99. The van der Waals surface area contributed by atoms with Crippen molar-refractivity contribution in [2.24, 2.45) is 0 Å². The molecule has 0 atom stereocenters. The Morgan fingerprint density at radius 2 is 2.05 bits per heavy atom. The lowest BCUT2D eigenvalue weighted by Gasteiger charge is -2.05. The molecule has 98 valence electrons. The third kappa shape index (κ3) is 2.84. The number of H-pyrrole nitrogens is 1. The highest BCUT2D eigenvalue weighted by molar-refractivity contribution is 5.29. The van der Waals surface area contributed by atoms with E-state index in [-0.39, 0.29) is 5.56 Å². The number of nitrogens with one attached hydrogen (secondary N) is 1. The van der Waals surface area contributed by atoms with Gasteiger partial charge in [0.2, 0.25) is 0 Å². The molecule has 1 aromatic heterocycles. The smallest absolute Gasteiger partial charge is 0.251 e. The third-order valence-electron chi connectivity index (χ3n) is 3.34. The predicted molar refractivity (Wildman–Crippen MR) is 72.6 cm³/mol. The Balaban J connectivity index is 1.83. The van der Waals surface area contributed by atoms with Crippen molar-refractivity contribution in [1.82, 2.24) is 9.97 Å². The third-order valence-corrected chi connectivity index (χ3v) is 3.34. The molecule has 0 saturated heterocycles. The van der Waals surface area contributed by atoms with Crippen molar-refractivity contribution >= 4 is 0 Å². The van der Waals surface area contributed by atoms with Crippen LogP contribution in [-0.4, -0.2) is 17.1 Å². The summed E-state index contributed by atoms with van der Waals surface area (Å²) in [5.74, 6) is 2.06. The molecule has 0 unspecified atom stereocenters. The normalized spacial score (nSPS) is 14.4. The van der Waals surface area contributed by atoms with Crippen LogP contribution < -0.4 is 10.3 Å². The van der Waals surface area contributed by atoms with Crippen LogP contribution in [0.2, 0.25) is 0 Å². The maximum Gasteiger partial charge on any atom is 0.251 e. The standard InChI is InChI=1S/C15H16N2O2/c1-19-12-6-2-10(3-7-12)8-14-16-13(11-4-5-11)9-15(18)17-14/h2-3,6-7,9,11H,4-5,8H2,1H3,(H,16,17,18). The molecule has 0 aliphatic heterocycles. The average molecular weight is 256 g/mol. The van der Waals surface area contributed by atoms with Crippen LogP contribution in [-0.2, 0) is 6.42 Å². The van der Waals surface area contributed by atoms with Crippen molar-refractivity contribution in [3.8, 4) is 5.75 Å². The number of methoxy groups -OCH3 is 1. The summed E-state index contributed by atoms with van der Waals surface area (Å²) in [4.78, 5) is 19.0. The first-order valence-electron chi connectivity index (χ1n) is 6.47. The SMILES string of the molecule is COc1ccc(Cc2nc(C3CC3)cc(=O)[nH]2)cc1. The van der Waals surface area contributed by atoms with E-state index in [0.717, 1.165) is 35.7 Å². The van der Waals surface area contributed by atoms with Crippen LogP contribution in [0, 0.1) is 0 Å². The molecule has 1 N–H and O–H groups in total. The molecule has 0 bridgehead atoms. The highest BCUT2D eigenvalue weighted by atomic mass is 16.5. The fourth-order valence-corrected chi connectivity index (χ4v) is 2.14. The lowest BCUT2D eigenvalue weighted by atomic mass is 10.1. The largest absolute Gasteiger partial charge is 0.497 e. The quantitative estimate of drug-likeness (QED) is 0.912. The lowest BCUT2D eigenvalue weighted by Crippen LogP contribution is -2.12. The van der Waals surface area contributed by atoms with Gasteiger partial charge in [-0.2, -0.15) is 0 Å². The first-order valence-corrected chi connectivity index (χ1v) is 6.47. The Morgan fingerprint density at radius 3 is 2.68 bits per heavy atom. The van der Waals surface area contributed by atoms with Gasteiger partial charge in [0.25, 0.3) is 5.56 Å². The van der Waals surface area contributed by atoms with Crippen LogP contribution in [0.5, 0.6) is 5.75 Å². The molecule has 1 aromatic carbocycles. The fraction of sp³-hybridized carbons (Fsp3) is 0.333. The van der Waals surface area contributed by atoms with Gasteiger partial charge in [-0.15, -0.1) is 0 Å². The second-order valence-corrected chi connectivity index (χ2v) is 4.92. The molecule has 4 heteroatoms. The Hall–Kier alpha value is -2.10. The molecular weight excluding hydrogens is 240 g/mol. The zero-order valence-corrected chi connectivity index (χ0v) is 10.8. The van der Waals surface area contributed by atoms with Gasteiger partial charge in [0.1, 0.15) is 11.6 Å². The molecule has 1 fully saturated rings. The summed E-state index contributed by atoms with van der Waals surface area (Å²) in [6.07, 6.45) is 2.94. The summed E-state index contributed by atoms with van der Waals surface area (Å²) >= 11 is 0.